The van der Waals surface area contributed by atoms with Crippen LogP contribution in [0.5, 0.6) is 5.75 Å². The van der Waals surface area contributed by atoms with E-state index in [0.717, 1.165) is 57.3 Å². The Hall–Kier alpha value is -2.93. The summed E-state index contributed by atoms with van der Waals surface area (Å²) >= 11 is 0. The Labute approximate surface area is 202 Å². The van der Waals surface area contributed by atoms with Crippen LogP contribution in [0.3, 0.4) is 0 Å². The van der Waals surface area contributed by atoms with Gasteiger partial charge in [0.2, 0.25) is 0 Å². The summed E-state index contributed by atoms with van der Waals surface area (Å²) in [5, 5.41) is 3.46. The molecule has 1 aromatic heterocycles. The standard InChI is InChI=1S/C27H36N4O3/c1-21-19-29-12-8-24(21)26(33)31-15-4-9-27(10-13-28-14-11-27)20-30(2)25(32)22-6-3-7-23(18-22)34-17-5-16-31/h3,6-8,12,18-19,28H,4-5,9-11,13-17,20H2,1-2H3. The second-order valence-electron chi connectivity index (χ2n) is 9.73. The quantitative estimate of drug-likeness (QED) is 0.699. The zero-order chi connectivity index (χ0) is 24.0. The zero-order valence-corrected chi connectivity index (χ0v) is 20.4. The number of pyridine rings is 1. The number of aryl methyl sites for hydroxylation is 1. The van der Waals surface area contributed by atoms with Crippen molar-refractivity contribution in [3.8, 4) is 5.75 Å². The van der Waals surface area contributed by atoms with Gasteiger partial charge < -0.3 is 19.9 Å². The molecule has 1 spiro atoms. The van der Waals surface area contributed by atoms with E-state index >= 15 is 0 Å². The predicted octanol–water partition coefficient (Wildman–Crippen LogP) is 3.54. The van der Waals surface area contributed by atoms with Crippen molar-refractivity contribution in [2.45, 2.75) is 39.0 Å². The molecule has 3 heterocycles. The van der Waals surface area contributed by atoms with Crippen LogP contribution in [0.25, 0.3) is 0 Å². The van der Waals surface area contributed by atoms with E-state index in [0.29, 0.717) is 36.6 Å². The van der Waals surface area contributed by atoms with Crippen molar-refractivity contribution in [1.29, 1.82) is 0 Å². The number of nitrogens with zero attached hydrogens (tertiary/aromatic N) is 3. The molecule has 0 radical (unpaired) electrons. The van der Waals surface area contributed by atoms with Crippen molar-refractivity contribution in [2.24, 2.45) is 5.41 Å². The van der Waals surface area contributed by atoms with E-state index in [1.54, 1.807) is 12.4 Å². The molecule has 0 aliphatic carbocycles. The fourth-order valence-corrected chi connectivity index (χ4v) is 5.25. The normalized spacial score (nSPS) is 19.8. The number of nitrogens with one attached hydrogen (secondary N) is 1. The van der Waals surface area contributed by atoms with Gasteiger partial charge in [0.15, 0.2) is 0 Å². The highest BCUT2D eigenvalue weighted by Crippen LogP contribution is 2.35. The van der Waals surface area contributed by atoms with Crippen LogP contribution in [0.2, 0.25) is 0 Å². The van der Waals surface area contributed by atoms with E-state index in [1.165, 1.54) is 0 Å². The molecule has 2 aliphatic heterocycles. The molecule has 2 amide bonds. The van der Waals surface area contributed by atoms with Gasteiger partial charge in [0.1, 0.15) is 5.75 Å². The molecule has 2 aliphatic rings. The highest BCUT2D eigenvalue weighted by atomic mass is 16.5. The lowest BCUT2D eigenvalue weighted by Crippen LogP contribution is -2.46. The van der Waals surface area contributed by atoms with Crippen LogP contribution in [-0.2, 0) is 0 Å². The first-order valence-corrected chi connectivity index (χ1v) is 12.4. The van der Waals surface area contributed by atoms with Crippen LogP contribution >= 0.6 is 0 Å². The van der Waals surface area contributed by atoms with Crippen molar-refractivity contribution in [3.05, 3.63) is 59.4 Å². The summed E-state index contributed by atoms with van der Waals surface area (Å²) < 4.78 is 5.95. The zero-order valence-electron chi connectivity index (χ0n) is 20.4. The Kier molecular flexibility index (Phi) is 7.83. The highest BCUT2D eigenvalue weighted by Gasteiger charge is 2.34. The molecule has 1 aromatic carbocycles. The van der Waals surface area contributed by atoms with Gasteiger partial charge in [0.05, 0.1) is 6.61 Å². The van der Waals surface area contributed by atoms with E-state index in [1.807, 2.05) is 54.1 Å². The molecule has 182 valence electrons. The van der Waals surface area contributed by atoms with Gasteiger partial charge in [-0.15, -0.1) is 0 Å². The Morgan fingerprint density at radius 2 is 1.91 bits per heavy atom. The molecular formula is C27H36N4O3. The Balaban J connectivity index is 1.58. The number of aromatic nitrogens is 1. The van der Waals surface area contributed by atoms with Gasteiger partial charge in [0, 0.05) is 50.2 Å². The van der Waals surface area contributed by atoms with Crippen LogP contribution in [-0.4, -0.2) is 73.0 Å². The van der Waals surface area contributed by atoms with Gasteiger partial charge in [0.25, 0.3) is 11.8 Å². The number of piperidine rings is 1. The minimum atomic E-state index is 0.0307. The maximum absolute atomic E-state index is 13.4. The van der Waals surface area contributed by atoms with Gasteiger partial charge >= 0.3 is 0 Å². The lowest BCUT2D eigenvalue weighted by molar-refractivity contribution is 0.0619. The summed E-state index contributed by atoms with van der Waals surface area (Å²) in [5.41, 5.74) is 2.32. The van der Waals surface area contributed by atoms with Crippen LogP contribution in [0.15, 0.2) is 42.7 Å². The van der Waals surface area contributed by atoms with E-state index < -0.39 is 0 Å². The van der Waals surface area contributed by atoms with Gasteiger partial charge in [-0.1, -0.05) is 6.07 Å². The van der Waals surface area contributed by atoms with E-state index in [2.05, 4.69) is 10.3 Å². The number of hydrogen-bond acceptors (Lipinski definition) is 5. The predicted molar refractivity (Wildman–Crippen MR) is 132 cm³/mol. The monoisotopic (exact) mass is 464 g/mol. The number of ether oxygens (including phenoxy) is 1. The van der Waals surface area contributed by atoms with E-state index in [4.69, 9.17) is 4.74 Å². The molecule has 2 bridgehead atoms. The summed E-state index contributed by atoms with van der Waals surface area (Å²) in [6, 6.07) is 9.25. The lowest BCUT2D eigenvalue weighted by atomic mass is 9.74. The summed E-state index contributed by atoms with van der Waals surface area (Å²) in [6.07, 6.45) is 8.11. The molecule has 0 unspecified atom stereocenters. The Morgan fingerprint density at radius 3 is 2.71 bits per heavy atom. The van der Waals surface area contributed by atoms with Crippen molar-refractivity contribution in [3.63, 3.8) is 0 Å². The van der Waals surface area contributed by atoms with Gasteiger partial charge in [-0.3, -0.25) is 14.6 Å². The summed E-state index contributed by atoms with van der Waals surface area (Å²) in [4.78, 5) is 34.6. The fourth-order valence-electron chi connectivity index (χ4n) is 5.25. The fraction of sp³-hybridized carbons (Fsp3) is 0.519. The van der Waals surface area contributed by atoms with Gasteiger partial charge in [-0.05, 0) is 87.4 Å². The van der Waals surface area contributed by atoms with Crippen molar-refractivity contribution < 1.29 is 14.3 Å². The summed E-state index contributed by atoms with van der Waals surface area (Å²) in [5.74, 6) is 0.773. The molecule has 1 fully saturated rings. The van der Waals surface area contributed by atoms with E-state index in [9.17, 15) is 9.59 Å². The first kappa shape index (κ1) is 24.2. The van der Waals surface area contributed by atoms with Gasteiger partial charge in [-0.2, -0.15) is 0 Å². The average Bonchev–Trinajstić information content (AvgIpc) is 2.85. The van der Waals surface area contributed by atoms with Crippen LogP contribution in [0.4, 0.5) is 0 Å². The number of rotatable bonds is 1. The third-order valence-corrected chi connectivity index (χ3v) is 7.18. The summed E-state index contributed by atoms with van der Waals surface area (Å²) in [7, 11) is 1.90. The molecule has 7 nitrogen and oxygen atoms in total. The molecule has 7 heteroatoms. The molecular weight excluding hydrogens is 428 g/mol. The topological polar surface area (TPSA) is 74.8 Å². The molecule has 1 N–H and O–H groups in total. The second-order valence-corrected chi connectivity index (χ2v) is 9.73. The smallest absolute Gasteiger partial charge is 0.254 e. The highest BCUT2D eigenvalue weighted by molar-refractivity contribution is 5.95. The van der Waals surface area contributed by atoms with Crippen LogP contribution in [0.1, 0.15) is 58.4 Å². The number of amides is 2. The number of carbonyl (C=O) groups excluding carboxylic acids is 2. The minimum Gasteiger partial charge on any atom is -0.494 e. The number of carbonyl (C=O) groups is 2. The van der Waals surface area contributed by atoms with Crippen molar-refractivity contribution in [1.82, 2.24) is 20.1 Å². The molecule has 4 rings (SSSR count). The lowest BCUT2D eigenvalue weighted by Gasteiger charge is -2.41. The van der Waals surface area contributed by atoms with Crippen molar-refractivity contribution >= 4 is 11.8 Å². The first-order valence-electron chi connectivity index (χ1n) is 12.4. The average molecular weight is 465 g/mol. The molecule has 34 heavy (non-hydrogen) atoms. The third-order valence-electron chi connectivity index (χ3n) is 7.18. The number of hydrogen-bond donors (Lipinski definition) is 1. The van der Waals surface area contributed by atoms with Gasteiger partial charge in [-0.25, -0.2) is 0 Å². The number of benzene rings is 1. The third kappa shape index (κ3) is 5.76. The van der Waals surface area contributed by atoms with Crippen molar-refractivity contribution in [2.75, 3.05) is 46.4 Å². The molecule has 0 atom stereocenters. The first-order chi connectivity index (χ1) is 16.5. The largest absolute Gasteiger partial charge is 0.494 e. The second kappa shape index (κ2) is 11.0. The molecule has 1 saturated heterocycles. The van der Waals surface area contributed by atoms with Crippen LogP contribution in [0, 0.1) is 12.3 Å². The Bertz CT molecular complexity index is 1000. The van der Waals surface area contributed by atoms with E-state index in [-0.39, 0.29) is 17.2 Å². The molecule has 2 aromatic rings. The molecule has 0 saturated carbocycles. The maximum atomic E-state index is 13.4. The number of fused-ring (bicyclic) bond motifs is 2. The SMILES string of the molecule is Cc1cnccc1C(=O)N1CCCOc2cccc(c2)C(=O)N(C)CC2(CCC1)CCNCC2. The maximum Gasteiger partial charge on any atom is 0.254 e. The Morgan fingerprint density at radius 1 is 1.12 bits per heavy atom. The minimum absolute atomic E-state index is 0.0307. The van der Waals surface area contributed by atoms with Crippen LogP contribution < -0.4 is 10.1 Å². The summed E-state index contributed by atoms with van der Waals surface area (Å²) in [6.45, 7) is 6.39.